The maximum Gasteiger partial charge on any atom is 0.426 e. The Balaban J connectivity index is 2.07. The number of hydrazine groups is 1. The minimum Gasteiger partial charge on any atom is -0.464 e. The van der Waals surface area contributed by atoms with E-state index in [1.807, 2.05) is 19.1 Å². The summed E-state index contributed by atoms with van der Waals surface area (Å²) in [5.41, 5.74) is 3.70. The van der Waals surface area contributed by atoms with Gasteiger partial charge in [-0.25, -0.2) is 14.2 Å². The third kappa shape index (κ3) is 2.17. The second kappa shape index (κ2) is 5.31. The Morgan fingerprint density at radius 3 is 2.64 bits per heavy atom. The zero-order chi connectivity index (χ0) is 15.7. The number of carbonyl (C=O) groups is 1. The summed E-state index contributed by atoms with van der Waals surface area (Å²) in [5.74, 6) is -0.386. The molecule has 0 spiro atoms. The van der Waals surface area contributed by atoms with Gasteiger partial charge in [0.25, 0.3) is 0 Å². The highest BCUT2D eigenvalue weighted by Crippen LogP contribution is 2.40. The van der Waals surface area contributed by atoms with Gasteiger partial charge in [-0.2, -0.15) is 5.43 Å². The van der Waals surface area contributed by atoms with Gasteiger partial charge in [-0.05, 0) is 24.6 Å². The third-order valence-corrected chi connectivity index (χ3v) is 3.85. The molecule has 0 fully saturated rings. The van der Waals surface area contributed by atoms with Crippen LogP contribution in [0.25, 0.3) is 0 Å². The predicted octanol–water partition coefficient (Wildman–Crippen LogP) is 3.50. The van der Waals surface area contributed by atoms with E-state index in [2.05, 4.69) is 10.7 Å². The third-order valence-electron chi connectivity index (χ3n) is 3.85. The van der Waals surface area contributed by atoms with Crippen LogP contribution in [0.2, 0.25) is 0 Å². The smallest absolute Gasteiger partial charge is 0.426 e. The van der Waals surface area contributed by atoms with Crippen LogP contribution in [0.3, 0.4) is 0 Å². The van der Waals surface area contributed by atoms with E-state index in [9.17, 15) is 14.3 Å². The highest BCUT2D eigenvalue weighted by atomic mass is 19.1. The summed E-state index contributed by atoms with van der Waals surface area (Å²) in [6.07, 6.45) is -0.583. The van der Waals surface area contributed by atoms with Crippen LogP contribution >= 0.6 is 0 Å². The number of hydrogen-bond acceptors (Lipinski definition) is 3. The molecule has 0 radical (unpaired) electrons. The van der Waals surface area contributed by atoms with Gasteiger partial charge in [0.05, 0.1) is 11.4 Å². The molecule has 0 saturated carbocycles. The number of amides is 1. The number of anilines is 2. The van der Waals surface area contributed by atoms with Crippen molar-refractivity contribution in [2.45, 2.75) is 19.0 Å². The molecule has 2 aromatic carbocycles. The lowest BCUT2D eigenvalue weighted by atomic mass is 9.96. The number of nitrogens with one attached hydrogen (secondary N) is 2. The van der Waals surface area contributed by atoms with E-state index in [1.165, 1.54) is 6.07 Å². The number of hydrogen-bond donors (Lipinski definition) is 3. The van der Waals surface area contributed by atoms with Crippen molar-refractivity contribution in [2.75, 3.05) is 10.3 Å². The Kier molecular flexibility index (Phi) is 3.46. The van der Waals surface area contributed by atoms with Crippen molar-refractivity contribution in [3.63, 3.8) is 0 Å². The molecule has 1 amide bonds. The molecule has 2 aromatic rings. The van der Waals surface area contributed by atoms with Crippen LogP contribution in [0, 0.1) is 5.82 Å². The zero-order valence-corrected chi connectivity index (χ0v) is 12.0. The monoisotopic (exact) mass is 301 g/mol. The molecule has 0 aliphatic carbocycles. The lowest BCUT2D eigenvalue weighted by Crippen LogP contribution is -2.52. The van der Waals surface area contributed by atoms with Crippen molar-refractivity contribution >= 4 is 17.5 Å². The fourth-order valence-corrected chi connectivity index (χ4v) is 2.74. The number of para-hydroxylation sites is 2. The van der Waals surface area contributed by atoms with Crippen molar-refractivity contribution in [3.8, 4) is 0 Å². The summed E-state index contributed by atoms with van der Waals surface area (Å²) in [4.78, 5) is 11.4. The predicted molar refractivity (Wildman–Crippen MR) is 82.1 cm³/mol. The van der Waals surface area contributed by atoms with Gasteiger partial charge in [0, 0.05) is 5.56 Å². The van der Waals surface area contributed by atoms with Crippen molar-refractivity contribution in [2.24, 2.45) is 0 Å². The Morgan fingerprint density at radius 1 is 1.27 bits per heavy atom. The van der Waals surface area contributed by atoms with Gasteiger partial charge in [0.15, 0.2) is 0 Å². The summed E-state index contributed by atoms with van der Waals surface area (Å²) in [6, 6.07) is 13.5. The van der Waals surface area contributed by atoms with Crippen LogP contribution in [-0.4, -0.2) is 11.2 Å². The number of carboxylic acid groups (broad SMARTS) is 1. The van der Waals surface area contributed by atoms with Gasteiger partial charge in [0.2, 0.25) is 0 Å². The van der Waals surface area contributed by atoms with E-state index in [1.54, 1.807) is 30.3 Å². The molecule has 0 bridgehead atoms. The average molecular weight is 301 g/mol. The lowest BCUT2D eigenvalue weighted by Gasteiger charge is -2.32. The molecular weight excluding hydrogens is 285 g/mol. The first kappa shape index (κ1) is 14.3. The maximum atomic E-state index is 14.0. The lowest BCUT2D eigenvalue weighted by molar-refractivity contribution is 0.195. The highest BCUT2D eigenvalue weighted by Gasteiger charge is 2.43. The first-order valence-electron chi connectivity index (χ1n) is 7.00. The quantitative estimate of drug-likeness (QED) is 0.812. The zero-order valence-electron chi connectivity index (χ0n) is 12.0. The summed E-state index contributed by atoms with van der Waals surface area (Å²) >= 11 is 0. The summed E-state index contributed by atoms with van der Waals surface area (Å²) < 4.78 is 14.0. The standard InChI is InChI=1S/C16H16FN3O2/c1-2-16(18-13-9-5-4-8-12(13)17)11-7-3-6-10-14(11)20(19-16)15(21)22/h3-10,18-19H,2H2,1H3,(H,21,22). The van der Waals surface area contributed by atoms with Gasteiger partial charge < -0.3 is 10.4 Å². The fraction of sp³-hybridized carbons (Fsp3) is 0.188. The SMILES string of the molecule is CCC1(Nc2ccccc2F)NN(C(=O)O)c2ccccc21. The van der Waals surface area contributed by atoms with E-state index in [0.29, 0.717) is 17.8 Å². The molecule has 114 valence electrons. The molecule has 6 heteroatoms. The number of nitrogens with zero attached hydrogens (tertiary/aromatic N) is 1. The molecule has 1 heterocycles. The van der Waals surface area contributed by atoms with Gasteiger partial charge in [-0.3, -0.25) is 0 Å². The largest absolute Gasteiger partial charge is 0.464 e. The second-order valence-electron chi connectivity index (χ2n) is 5.11. The minimum atomic E-state index is -1.11. The molecule has 1 aliphatic rings. The Morgan fingerprint density at radius 2 is 1.95 bits per heavy atom. The number of benzene rings is 2. The molecule has 5 nitrogen and oxygen atoms in total. The number of halogens is 1. The Bertz CT molecular complexity index is 722. The van der Waals surface area contributed by atoms with Gasteiger partial charge >= 0.3 is 6.09 Å². The van der Waals surface area contributed by atoms with Crippen LogP contribution in [0.1, 0.15) is 18.9 Å². The van der Waals surface area contributed by atoms with Gasteiger partial charge in [0.1, 0.15) is 11.5 Å². The fourth-order valence-electron chi connectivity index (χ4n) is 2.74. The Hall–Kier alpha value is -2.60. The topological polar surface area (TPSA) is 64.6 Å². The average Bonchev–Trinajstić information content (AvgIpc) is 2.85. The van der Waals surface area contributed by atoms with Crippen LogP contribution in [0.5, 0.6) is 0 Å². The highest BCUT2D eigenvalue weighted by molar-refractivity contribution is 5.89. The Labute approximate surface area is 127 Å². The molecule has 22 heavy (non-hydrogen) atoms. The van der Waals surface area contributed by atoms with Gasteiger partial charge in [-0.15, -0.1) is 0 Å². The molecule has 3 N–H and O–H groups in total. The molecule has 1 unspecified atom stereocenters. The van der Waals surface area contributed by atoms with Crippen molar-refractivity contribution in [1.29, 1.82) is 0 Å². The minimum absolute atomic E-state index is 0.318. The van der Waals surface area contributed by atoms with Crippen LogP contribution in [-0.2, 0) is 5.66 Å². The molecule has 3 rings (SSSR count). The van der Waals surface area contributed by atoms with Crippen LogP contribution < -0.4 is 15.8 Å². The van der Waals surface area contributed by atoms with E-state index in [0.717, 1.165) is 10.6 Å². The molecule has 1 atom stereocenters. The molecule has 0 aromatic heterocycles. The van der Waals surface area contributed by atoms with Gasteiger partial charge in [-0.1, -0.05) is 37.3 Å². The molecule has 1 aliphatic heterocycles. The van der Waals surface area contributed by atoms with E-state index >= 15 is 0 Å². The van der Waals surface area contributed by atoms with Crippen molar-refractivity contribution in [1.82, 2.24) is 5.43 Å². The van der Waals surface area contributed by atoms with E-state index in [-0.39, 0.29) is 5.82 Å². The number of rotatable bonds is 3. The molecule has 0 saturated heterocycles. The van der Waals surface area contributed by atoms with E-state index in [4.69, 9.17) is 0 Å². The van der Waals surface area contributed by atoms with Crippen LogP contribution in [0.15, 0.2) is 48.5 Å². The number of fused-ring (bicyclic) bond motifs is 1. The second-order valence-corrected chi connectivity index (χ2v) is 5.11. The van der Waals surface area contributed by atoms with E-state index < -0.39 is 11.8 Å². The maximum absolute atomic E-state index is 14.0. The first-order chi connectivity index (χ1) is 10.6. The summed E-state index contributed by atoms with van der Waals surface area (Å²) in [5, 5.41) is 13.6. The first-order valence-corrected chi connectivity index (χ1v) is 7.00. The summed E-state index contributed by atoms with van der Waals surface area (Å²) in [7, 11) is 0. The summed E-state index contributed by atoms with van der Waals surface area (Å²) in [6.45, 7) is 1.91. The van der Waals surface area contributed by atoms with Crippen LogP contribution in [0.4, 0.5) is 20.6 Å². The molecular formula is C16H16FN3O2. The normalized spacial score (nSPS) is 19.8. The van der Waals surface area contributed by atoms with Crippen molar-refractivity contribution in [3.05, 3.63) is 59.9 Å². The van der Waals surface area contributed by atoms with Crippen molar-refractivity contribution < 1.29 is 14.3 Å².